The average Bonchev–Trinajstić information content (AvgIpc) is 2.64. The fourth-order valence-electron chi connectivity index (χ4n) is 2.38. The van der Waals surface area contributed by atoms with Gasteiger partial charge in [0.1, 0.15) is 5.71 Å². The van der Waals surface area contributed by atoms with Crippen LogP contribution < -0.4 is 5.43 Å². The Morgan fingerprint density at radius 2 is 1.54 bits per heavy atom. The fourth-order valence-corrected chi connectivity index (χ4v) is 2.38. The van der Waals surface area contributed by atoms with Gasteiger partial charge in [-0.15, -0.1) is 0 Å². The standard InChI is InChI=1S/C19H20N2O7/c1-10(17(26)12-4-6-14(23)16(25)8-12)20-21-19(2,18(27)28)9-11-3-5-13(22)15(24)7-11/h3-8,21-25H,9H2,1-2H3,(H,27,28)/b20-10+/t19-/m0/s1. The number of aliphatic carboxylic acids is 1. The van der Waals surface area contributed by atoms with Crippen molar-refractivity contribution < 1.29 is 35.1 Å². The summed E-state index contributed by atoms with van der Waals surface area (Å²) in [7, 11) is 0. The first-order valence-corrected chi connectivity index (χ1v) is 8.16. The van der Waals surface area contributed by atoms with Crippen LogP contribution >= 0.6 is 0 Å². The number of carbonyl (C=O) groups excluding carboxylic acids is 1. The number of carboxylic acid groups (broad SMARTS) is 1. The molecule has 2 aromatic carbocycles. The molecule has 0 radical (unpaired) electrons. The van der Waals surface area contributed by atoms with Gasteiger partial charge in [0.05, 0.1) is 0 Å². The Hall–Kier alpha value is -3.75. The normalized spacial score (nSPS) is 13.6. The number of nitrogens with zero attached hydrogens (tertiary/aromatic N) is 1. The van der Waals surface area contributed by atoms with E-state index in [4.69, 9.17) is 0 Å². The molecule has 2 rings (SSSR count). The Bertz CT molecular complexity index is 955. The van der Waals surface area contributed by atoms with E-state index < -0.39 is 23.0 Å². The molecule has 0 saturated carbocycles. The molecule has 148 valence electrons. The van der Waals surface area contributed by atoms with Crippen LogP contribution in [0.2, 0.25) is 0 Å². The molecule has 0 heterocycles. The maximum atomic E-state index is 12.4. The molecule has 0 aromatic heterocycles. The molecule has 0 fully saturated rings. The Kier molecular flexibility index (Phi) is 5.78. The number of benzene rings is 2. The Morgan fingerprint density at radius 1 is 0.964 bits per heavy atom. The van der Waals surface area contributed by atoms with Crippen LogP contribution in [0.4, 0.5) is 0 Å². The summed E-state index contributed by atoms with van der Waals surface area (Å²) in [4.78, 5) is 24.1. The molecule has 2 aromatic rings. The smallest absolute Gasteiger partial charge is 0.330 e. The molecule has 28 heavy (non-hydrogen) atoms. The van der Waals surface area contributed by atoms with Crippen LogP contribution in [0.3, 0.4) is 0 Å². The van der Waals surface area contributed by atoms with E-state index in [2.05, 4.69) is 10.5 Å². The zero-order valence-electron chi connectivity index (χ0n) is 15.2. The molecular weight excluding hydrogens is 368 g/mol. The molecule has 0 aliphatic rings. The minimum Gasteiger partial charge on any atom is -0.504 e. The molecule has 0 aliphatic heterocycles. The predicted molar refractivity (Wildman–Crippen MR) is 99.9 cm³/mol. The first kappa shape index (κ1) is 20.6. The van der Waals surface area contributed by atoms with Gasteiger partial charge in [-0.2, -0.15) is 5.10 Å². The van der Waals surface area contributed by atoms with Crippen LogP contribution in [0.1, 0.15) is 29.8 Å². The third-order valence-electron chi connectivity index (χ3n) is 4.11. The highest BCUT2D eigenvalue weighted by molar-refractivity contribution is 6.45. The van der Waals surface area contributed by atoms with Gasteiger partial charge in [0.15, 0.2) is 28.5 Å². The van der Waals surface area contributed by atoms with Gasteiger partial charge >= 0.3 is 5.97 Å². The second-order valence-electron chi connectivity index (χ2n) is 6.48. The maximum Gasteiger partial charge on any atom is 0.330 e. The van der Waals surface area contributed by atoms with E-state index in [9.17, 15) is 35.1 Å². The minimum atomic E-state index is -1.61. The first-order valence-electron chi connectivity index (χ1n) is 8.16. The van der Waals surface area contributed by atoms with Crippen LogP contribution in [-0.4, -0.2) is 48.5 Å². The number of aromatic hydroxyl groups is 4. The van der Waals surface area contributed by atoms with Gasteiger partial charge in [0, 0.05) is 12.0 Å². The van der Waals surface area contributed by atoms with E-state index in [1.165, 1.54) is 38.1 Å². The van der Waals surface area contributed by atoms with Crippen molar-refractivity contribution in [1.29, 1.82) is 0 Å². The van der Waals surface area contributed by atoms with Crippen molar-refractivity contribution in [3.05, 3.63) is 47.5 Å². The number of hydrazone groups is 1. The number of ketones is 1. The van der Waals surface area contributed by atoms with E-state index in [0.717, 1.165) is 12.1 Å². The molecule has 0 unspecified atom stereocenters. The zero-order valence-corrected chi connectivity index (χ0v) is 15.2. The van der Waals surface area contributed by atoms with E-state index in [1.54, 1.807) is 0 Å². The summed E-state index contributed by atoms with van der Waals surface area (Å²) in [6.45, 7) is 2.72. The first-order chi connectivity index (χ1) is 13.0. The Balaban J connectivity index is 2.22. The second kappa shape index (κ2) is 7.87. The molecule has 9 nitrogen and oxygen atoms in total. The van der Waals surface area contributed by atoms with Gasteiger partial charge in [-0.1, -0.05) is 6.07 Å². The van der Waals surface area contributed by atoms with Gasteiger partial charge in [0.2, 0.25) is 5.78 Å². The molecule has 0 amide bonds. The summed E-state index contributed by atoms with van der Waals surface area (Å²) in [5.74, 6) is -3.37. The summed E-state index contributed by atoms with van der Waals surface area (Å²) in [5, 5.41) is 51.2. The molecule has 0 saturated heterocycles. The minimum absolute atomic E-state index is 0.0638. The molecule has 0 aliphatic carbocycles. The summed E-state index contributed by atoms with van der Waals surface area (Å²) >= 11 is 0. The third kappa shape index (κ3) is 4.50. The largest absolute Gasteiger partial charge is 0.504 e. The lowest BCUT2D eigenvalue weighted by Gasteiger charge is -2.25. The quantitative estimate of drug-likeness (QED) is 0.181. The average molecular weight is 388 g/mol. The predicted octanol–water partition coefficient (Wildman–Crippen LogP) is 1.74. The molecule has 9 heteroatoms. The number of Topliss-reactive ketones (excluding diaryl/α,β-unsaturated/α-hetero) is 1. The van der Waals surface area contributed by atoms with Crippen molar-refractivity contribution in [2.45, 2.75) is 25.8 Å². The van der Waals surface area contributed by atoms with Crippen LogP contribution in [0.5, 0.6) is 23.0 Å². The fraction of sp³-hybridized carbons (Fsp3) is 0.211. The Morgan fingerprint density at radius 3 is 2.07 bits per heavy atom. The monoisotopic (exact) mass is 388 g/mol. The number of carboxylic acids is 1. The van der Waals surface area contributed by atoms with Crippen molar-refractivity contribution in [3.8, 4) is 23.0 Å². The summed E-state index contributed by atoms with van der Waals surface area (Å²) in [5.41, 5.74) is 1.29. The second-order valence-corrected chi connectivity index (χ2v) is 6.48. The summed E-state index contributed by atoms with van der Waals surface area (Å²) in [6.07, 6.45) is -0.0961. The van der Waals surface area contributed by atoms with Crippen LogP contribution in [-0.2, 0) is 11.2 Å². The number of phenols is 4. The topological polar surface area (TPSA) is 160 Å². The van der Waals surface area contributed by atoms with Crippen LogP contribution in [0.15, 0.2) is 41.5 Å². The van der Waals surface area contributed by atoms with Crippen LogP contribution in [0.25, 0.3) is 0 Å². The van der Waals surface area contributed by atoms with Crippen molar-refractivity contribution >= 4 is 17.5 Å². The number of phenolic OH excluding ortho intramolecular Hbond substituents is 4. The lowest BCUT2D eigenvalue weighted by Crippen LogP contribution is -2.49. The number of hydrogen-bond donors (Lipinski definition) is 6. The lowest BCUT2D eigenvalue weighted by molar-refractivity contribution is -0.144. The molecule has 1 atom stereocenters. The summed E-state index contributed by atoms with van der Waals surface area (Å²) < 4.78 is 0. The number of rotatable bonds is 7. The van der Waals surface area contributed by atoms with Crippen LogP contribution in [0, 0.1) is 0 Å². The molecular formula is C19H20N2O7. The number of nitrogens with one attached hydrogen (secondary N) is 1. The highest BCUT2D eigenvalue weighted by Crippen LogP contribution is 2.27. The van der Waals surface area contributed by atoms with Gasteiger partial charge in [0.25, 0.3) is 0 Å². The van der Waals surface area contributed by atoms with E-state index in [0.29, 0.717) is 5.56 Å². The highest BCUT2D eigenvalue weighted by atomic mass is 16.4. The highest BCUT2D eigenvalue weighted by Gasteiger charge is 2.33. The molecule has 6 N–H and O–H groups in total. The molecule has 0 spiro atoms. The van der Waals surface area contributed by atoms with E-state index in [1.807, 2.05) is 0 Å². The van der Waals surface area contributed by atoms with Crippen molar-refractivity contribution in [1.82, 2.24) is 5.43 Å². The van der Waals surface area contributed by atoms with Crippen molar-refractivity contribution in [2.75, 3.05) is 0 Å². The van der Waals surface area contributed by atoms with Gasteiger partial charge in [-0.25, -0.2) is 4.79 Å². The van der Waals surface area contributed by atoms with Crippen molar-refractivity contribution in [3.63, 3.8) is 0 Å². The summed E-state index contributed by atoms with van der Waals surface area (Å²) in [6, 6.07) is 7.46. The van der Waals surface area contributed by atoms with Gasteiger partial charge in [-0.05, 0) is 49.7 Å². The number of carbonyl (C=O) groups is 2. The van der Waals surface area contributed by atoms with E-state index in [-0.39, 0.29) is 34.9 Å². The van der Waals surface area contributed by atoms with Gasteiger partial charge < -0.3 is 25.5 Å². The molecule has 0 bridgehead atoms. The zero-order chi connectivity index (χ0) is 21.1. The van der Waals surface area contributed by atoms with E-state index >= 15 is 0 Å². The lowest BCUT2D eigenvalue weighted by atomic mass is 9.93. The Labute approximate surface area is 160 Å². The number of hydrogen-bond acceptors (Lipinski definition) is 8. The van der Waals surface area contributed by atoms with Gasteiger partial charge in [-0.3, -0.25) is 10.2 Å². The maximum absolute atomic E-state index is 12.4. The SMILES string of the molecule is C/C(=N\N[C@@](C)(Cc1ccc(O)c(O)c1)C(=O)O)C(=O)c1ccc(O)c(O)c1. The third-order valence-corrected chi connectivity index (χ3v) is 4.11. The van der Waals surface area contributed by atoms with Crippen molar-refractivity contribution in [2.24, 2.45) is 5.10 Å².